The van der Waals surface area contributed by atoms with Crippen molar-refractivity contribution in [1.29, 1.82) is 0 Å². The van der Waals surface area contributed by atoms with E-state index in [0.717, 1.165) is 57.0 Å². The summed E-state index contributed by atoms with van der Waals surface area (Å²) in [5.74, 6) is 0. The molecule has 0 unspecified atom stereocenters. The van der Waals surface area contributed by atoms with E-state index in [4.69, 9.17) is 9.73 Å². The monoisotopic (exact) mass is 333 g/mol. The molecular weight excluding hydrogens is 310 g/mol. The highest BCUT2D eigenvalue weighted by Gasteiger charge is 2.15. The van der Waals surface area contributed by atoms with Gasteiger partial charge in [0.15, 0.2) is 0 Å². The van der Waals surface area contributed by atoms with Gasteiger partial charge in [0.1, 0.15) is 0 Å². The van der Waals surface area contributed by atoms with Crippen molar-refractivity contribution in [3.63, 3.8) is 0 Å². The topological polar surface area (TPSA) is 37.7 Å². The fourth-order valence-corrected chi connectivity index (χ4v) is 3.43. The average Bonchev–Trinajstić information content (AvgIpc) is 2.70. The molecule has 1 fully saturated rings. The number of hydrogen-bond donors (Lipinski definition) is 0. The summed E-state index contributed by atoms with van der Waals surface area (Å²) in [5, 5.41) is 0. The van der Waals surface area contributed by atoms with Gasteiger partial charge < -0.3 is 9.64 Å². The number of morpholine rings is 1. The third-order valence-electron chi connectivity index (χ3n) is 4.70. The summed E-state index contributed by atoms with van der Waals surface area (Å²) in [6, 6.07) is 12.8. The normalized spacial score (nSPS) is 19.8. The Kier molecular flexibility index (Phi) is 4.89. The Hall–Kier alpha value is -2.46. The molecule has 0 saturated carbocycles. The molecule has 4 nitrogen and oxygen atoms in total. The van der Waals surface area contributed by atoms with Crippen LogP contribution in [0.2, 0.25) is 0 Å². The molecule has 0 radical (unpaired) electrons. The van der Waals surface area contributed by atoms with Crippen molar-refractivity contribution >= 4 is 17.5 Å². The molecule has 4 rings (SSSR count). The highest BCUT2D eigenvalue weighted by Crippen LogP contribution is 2.24. The molecule has 2 aliphatic rings. The zero-order valence-corrected chi connectivity index (χ0v) is 14.4. The lowest BCUT2D eigenvalue weighted by Gasteiger charge is -2.29. The summed E-state index contributed by atoms with van der Waals surface area (Å²) < 4.78 is 5.46. The Morgan fingerprint density at radius 3 is 2.84 bits per heavy atom. The predicted octanol–water partition coefficient (Wildman–Crippen LogP) is 3.58. The smallest absolute Gasteiger partial charge is 0.0694 e. The van der Waals surface area contributed by atoms with E-state index in [-0.39, 0.29) is 0 Å². The number of hydrogen-bond acceptors (Lipinski definition) is 4. The fourth-order valence-electron chi connectivity index (χ4n) is 3.43. The molecule has 0 amide bonds. The van der Waals surface area contributed by atoms with Gasteiger partial charge in [-0.15, -0.1) is 0 Å². The maximum absolute atomic E-state index is 5.46. The minimum absolute atomic E-state index is 0.809. The summed E-state index contributed by atoms with van der Waals surface area (Å²) in [4.78, 5) is 11.4. The predicted molar refractivity (Wildman–Crippen MR) is 102 cm³/mol. The lowest BCUT2D eigenvalue weighted by atomic mass is 9.95. The molecule has 25 heavy (non-hydrogen) atoms. The number of rotatable bonds is 3. The van der Waals surface area contributed by atoms with Crippen LogP contribution in [0.1, 0.15) is 24.0 Å². The number of pyridine rings is 1. The Morgan fingerprint density at radius 1 is 1.08 bits per heavy atom. The van der Waals surface area contributed by atoms with Crippen molar-refractivity contribution in [2.75, 3.05) is 37.7 Å². The molecule has 0 aliphatic carbocycles. The van der Waals surface area contributed by atoms with E-state index in [0.29, 0.717) is 0 Å². The Labute approximate surface area is 148 Å². The summed E-state index contributed by atoms with van der Waals surface area (Å²) in [5.41, 5.74) is 6.01. The third-order valence-corrected chi connectivity index (χ3v) is 4.70. The van der Waals surface area contributed by atoms with Crippen molar-refractivity contribution in [3.05, 3.63) is 65.5 Å². The third kappa shape index (κ3) is 3.80. The second kappa shape index (κ2) is 7.62. The summed E-state index contributed by atoms with van der Waals surface area (Å²) >= 11 is 0. The quantitative estimate of drug-likeness (QED) is 0.861. The molecule has 1 aromatic heterocycles. The highest BCUT2D eigenvalue weighted by atomic mass is 16.5. The fraction of sp³-hybridized carbons (Fsp3) is 0.333. The number of anilines is 1. The van der Waals surface area contributed by atoms with Gasteiger partial charge in [0, 0.05) is 43.3 Å². The number of allylic oxidation sites excluding steroid dienone is 1. The molecule has 0 atom stereocenters. The van der Waals surface area contributed by atoms with E-state index < -0.39 is 0 Å². The van der Waals surface area contributed by atoms with Crippen LogP contribution in [0.3, 0.4) is 0 Å². The minimum Gasteiger partial charge on any atom is -0.378 e. The second-order valence-corrected chi connectivity index (χ2v) is 6.44. The van der Waals surface area contributed by atoms with Crippen LogP contribution in [0.4, 0.5) is 5.69 Å². The van der Waals surface area contributed by atoms with E-state index in [1.165, 1.54) is 16.8 Å². The molecule has 1 saturated heterocycles. The van der Waals surface area contributed by atoms with Crippen LogP contribution in [0.25, 0.3) is 6.08 Å². The van der Waals surface area contributed by atoms with Gasteiger partial charge in [-0.3, -0.25) is 9.98 Å². The first-order chi connectivity index (χ1) is 12.4. The standard InChI is InChI=1S/C21H23N3O/c1-4-17(15-20(7-1)24-10-12-25-13-11-24)14-18-5-3-9-23-21(18)19-6-2-8-22-16-19/h1-2,4,6-8,14-16H,3,5,9-13H2. The van der Waals surface area contributed by atoms with Crippen LogP contribution in [-0.4, -0.2) is 43.5 Å². The van der Waals surface area contributed by atoms with Gasteiger partial charge in [0.05, 0.1) is 18.9 Å². The molecule has 128 valence electrons. The zero-order valence-electron chi connectivity index (χ0n) is 14.4. The van der Waals surface area contributed by atoms with Crippen LogP contribution in [0, 0.1) is 0 Å². The molecule has 2 aliphatic heterocycles. The van der Waals surface area contributed by atoms with Gasteiger partial charge in [0.25, 0.3) is 0 Å². The minimum atomic E-state index is 0.809. The Morgan fingerprint density at radius 2 is 2.00 bits per heavy atom. The first kappa shape index (κ1) is 16.0. The summed E-state index contributed by atoms with van der Waals surface area (Å²) in [7, 11) is 0. The van der Waals surface area contributed by atoms with Crippen molar-refractivity contribution in [1.82, 2.24) is 4.98 Å². The van der Waals surface area contributed by atoms with Crippen LogP contribution >= 0.6 is 0 Å². The lowest BCUT2D eigenvalue weighted by Crippen LogP contribution is -2.36. The van der Waals surface area contributed by atoms with Gasteiger partial charge >= 0.3 is 0 Å². The molecule has 1 aromatic carbocycles. The van der Waals surface area contributed by atoms with Crippen LogP contribution in [-0.2, 0) is 4.74 Å². The van der Waals surface area contributed by atoms with Crippen molar-refractivity contribution in [2.45, 2.75) is 12.8 Å². The van der Waals surface area contributed by atoms with Crippen molar-refractivity contribution < 1.29 is 4.74 Å². The maximum atomic E-state index is 5.46. The number of aromatic nitrogens is 1. The molecular formula is C21H23N3O. The molecule has 0 spiro atoms. The average molecular weight is 333 g/mol. The summed E-state index contributed by atoms with van der Waals surface area (Å²) in [6.07, 6.45) is 8.17. The molecule has 4 heteroatoms. The lowest BCUT2D eigenvalue weighted by molar-refractivity contribution is 0.122. The molecule has 3 heterocycles. The largest absolute Gasteiger partial charge is 0.378 e. The maximum Gasteiger partial charge on any atom is 0.0694 e. The Balaban J connectivity index is 1.63. The van der Waals surface area contributed by atoms with Crippen LogP contribution in [0.15, 0.2) is 59.4 Å². The number of ether oxygens (including phenoxy) is 1. The van der Waals surface area contributed by atoms with Crippen LogP contribution in [0.5, 0.6) is 0 Å². The first-order valence-corrected chi connectivity index (χ1v) is 8.99. The highest BCUT2D eigenvalue weighted by molar-refractivity contribution is 6.15. The van der Waals surface area contributed by atoms with Gasteiger partial charge in [-0.1, -0.05) is 12.1 Å². The summed E-state index contributed by atoms with van der Waals surface area (Å²) in [6.45, 7) is 4.44. The number of aliphatic imine (C=N–C) groups is 1. The van der Waals surface area contributed by atoms with E-state index in [1.807, 2.05) is 18.5 Å². The van der Waals surface area contributed by atoms with Crippen molar-refractivity contribution in [3.8, 4) is 0 Å². The second-order valence-electron chi connectivity index (χ2n) is 6.44. The van der Waals surface area contributed by atoms with Gasteiger partial charge in [-0.2, -0.15) is 0 Å². The zero-order chi connectivity index (χ0) is 16.9. The Bertz CT molecular complexity index is 777. The van der Waals surface area contributed by atoms with E-state index in [2.05, 4.69) is 46.3 Å². The number of nitrogens with zero attached hydrogens (tertiary/aromatic N) is 3. The molecule has 0 bridgehead atoms. The SMILES string of the molecule is C(=C1CCCN=C1c1cccnc1)c1cccc(N2CCOCC2)c1. The molecule has 2 aromatic rings. The van der Waals surface area contributed by atoms with Crippen LogP contribution < -0.4 is 4.90 Å². The van der Waals surface area contributed by atoms with E-state index in [9.17, 15) is 0 Å². The first-order valence-electron chi connectivity index (χ1n) is 8.99. The van der Waals surface area contributed by atoms with E-state index >= 15 is 0 Å². The van der Waals surface area contributed by atoms with Gasteiger partial charge in [-0.05, 0) is 54.3 Å². The van der Waals surface area contributed by atoms with Gasteiger partial charge in [0.2, 0.25) is 0 Å². The van der Waals surface area contributed by atoms with Crippen molar-refractivity contribution in [2.24, 2.45) is 4.99 Å². The van der Waals surface area contributed by atoms with E-state index in [1.54, 1.807) is 0 Å². The van der Waals surface area contributed by atoms with Gasteiger partial charge in [-0.25, -0.2) is 0 Å². The molecule has 0 N–H and O–H groups in total. The number of benzene rings is 1.